The molecule has 0 aliphatic rings. The lowest BCUT2D eigenvalue weighted by Crippen LogP contribution is -2.14. The summed E-state index contributed by atoms with van der Waals surface area (Å²) in [7, 11) is 0. The first-order valence-corrected chi connectivity index (χ1v) is 8.13. The van der Waals surface area contributed by atoms with Gasteiger partial charge in [-0.05, 0) is 36.8 Å². The second-order valence-corrected chi connectivity index (χ2v) is 5.73. The fourth-order valence-electron chi connectivity index (χ4n) is 2.91. The molecule has 124 valence electrons. The van der Waals surface area contributed by atoms with Crippen molar-refractivity contribution in [1.29, 1.82) is 0 Å². The van der Waals surface area contributed by atoms with E-state index >= 15 is 0 Å². The molecule has 25 heavy (non-hydrogen) atoms. The Morgan fingerprint density at radius 1 is 1.16 bits per heavy atom. The van der Waals surface area contributed by atoms with E-state index in [4.69, 9.17) is 0 Å². The maximum Gasteiger partial charge on any atom is 0.259 e. The average Bonchev–Trinajstić information content (AvgIpc) is 3.28. The van der Waals surface area contributed by atoms with Gasteiger partial charge in [0.1, 0.15) is 0 Å². The van der Waals surface area contributed by atoms with Gasteiger partial charge in [0.15, 0.2) is 0 Å². The summed E-state index contributed by atoms with van der Waals surface area (Å²) in [6.45, 7) is 2.02. The van der Waals surface area contributed by atoms with Crippen LogP contribution in [-0.4, -0.2) is 25.9 Å². The quantitative estimate of drug-likeness (QED) is 0.600. The Bertz CT molecular complexity index is 1030. The number of hydrogen-bond acceptors (Lipinski definition) is 3. The van der Waals surface area contributed by atoms with E-state index in [1.165, 1.54) is 0 Å². The molecule has 2 heterocycles. The lowest BCUT2D eigenvalue weighted by atomic mass is 10.1. The molecule has 2 aromatic carbocycles. The summed E-state index contributed by atoms with van der Waals surface area (Å²) in [6, 6.07) is 15.5. The molecule has 0 spiro atoms. The van der Waals surface area contributed by atoms with Crippen LogP contribution < -0.4 is 5.32 Å². The van der Waals surface area contributed by atoms with E-state index in [2.05, 4.69) is 20.6 Å². The summed E-state index contributed by atoms with van der Waals surface area (Å²) in [5.74, 6) is -0.165. The van der Waals surface area contributed by atoms with Crippen LogP contribution in [0.15, 0.2) is 60.9 Å². The molecule has 6 nitrogen and oxygen atoms in total. The van der Waals surface area contributed by atoms with Gasteiger partial charge in [0.2, 0.25) is 0 Å². The Morgan fingerprint density at radius 3 is 2.80 bits per heavy atom. The van der Waals surface area contributed by atoms with Crippen molar-refractivity contribution >= 4 is 22.5 Å². The third-order valence-electron chi connectivity index (χ3n) is 4.15. The summed E-state index contributed by atoms with van der Waals surface area (Å²) < 4.78 is 1.81. The molecule has 0 saturated carbocycles. The number of nitrogens with zero attached hydrogens (tertiary/aromatic N) is 3. The molecule has 0 bridgehead atoms. The first-order valence-electron chi connectivity index (χ1n) is 8.13. The third-order valence-corrected chi connectivity index (χ3v) is 4.15. The Labute approximate surface area is 144 Å². The highest BCUT2D eigenvalue weighted by Crippen LogP contribution is 2.20. The number of H-pyrrole nitrogens is 1. The molecule has 1 amide bonds. The Balaban J connectivity index is 1.64. The van der Waals surface area contributed by atoms with Crippen LogP contribution in [0.2, 0.25) is 0 Å². The second kappa shape index (κ2) is 6.24. The zero-order valence-electron chi connectivity index (χ0n) is 13.7. The average molecular weight is 331 g/mol. The van der Waals surface area contributed by atoms with Crippen molar-refractivity contribution in [3.63, 3.8) is 0 Å². The van der Waals surface area contributed by atoms with Gasteiger partial charge in [0, 0.05) is 11.1 Å². The molecule has 6 heteroatoms. The highest BCUT2D eigenvalue weighted by Gasteiger charge is 2.17. The van der Waals surface area contributed by atoms with Crippen molar-refractivity contribution in [2.24, 2.45) is 0 Å². The van der Waals surface area contributed by atoms with Gasteiger partial charge in [-0.25, -0.2) is 4.68 Å². The van der Waals surface area contributed by atoms with Crippen LogP contribution in [0.25, 0.3) is 16.6 Å². The molecule has 0 fully saturated rings. The molecule has 4 aromatic rings. The number of carbonyl (C=O) groups excluding carboxylic acids is 1. The van der Waals surface area contributed by atoms with Crippen molar-refractivity contribution in [1.82, 2.24) is 20.0 Å². The number of fused-ring (bicyclic) bond motifs is 1. The van der Waals surface area contributed by atoms with Crippen LogP contribution in [0.1, 0.15) is 23.0 Å². The van der Waals surface area contributed by atoms with Crippen molar-refractivity contribution in [2.75, 3.05) is 5.32 Å². The fraction of sp³-hybridized carbons (Fsp3) is 0.105. The van der Waals surface area contributed by atoms with Crippen LogP contribution in [0.5, 0.6) is 0 Å². The number of aromatic nitrogens is 4. The summed E-state index contributed by atoms with van der Waals surface area (Å²) in [6.07, 6.45) is 4.06. The number of para-hydroxylation sites is 1. The largest absolute Gasteiger partial charge is 0.322 e. The standard InChI is InChI=1S/C19H17N5O/c1-2-18-16(12-21-24(18)15-6-4-3-5-7-15)19(25)22-14-8-9-17-13(10-14)11-20-23-17/h3-12H,2H2,1H3,(H,20,23)(H,22,25). The van der Waals surface area contributed by atoms with E-state index in [0.717, 1.165) is 28.0 Å². The van der Waals surface area contributed by atoms with E-state index < -0.39 is 0 Å². The van der Waals surface area contributed by atoms with E-state index in [-0.39, 0.29) is 5.91 Å². The highest BCUT2D eigenvalue weighted by atomic mass is 16.1. The van der Waals surface area contributed by atoms with Crippen molar-refractivity contribution < 1.29 is 4.79 Å². The van der Waals surface area contributed by atoms with Crippen molar-refractivity contribution in [3.05, 3.63) is 72.2 Å². The normalized spacial score (nSPS) is 10.9. The molecule has 0 aliphatic carbocycles. The maximum absolute atomic E-state index is 12.7. The van der Waals surface area contributed by atoms with Crippen LogP contribution in [0.4, 0.5) is 5.69 Å². The molecule has 0 saturated heterocycles. The summed E-state index contributed by atoms with van der Waals surface area (Å²) >= 11 is 0. The smallest absolute Gasteiger partial charge is 0.259 e. The highest BCUT2D eigenvalue weighted by molar-refractivity contribution is 6.05. The van der Waals surface area contributed by atoms with Crippen molar-refractivity contribution in [2.45, 2.75) is 13.3 Å². The third kappa shape index (κ3) is 2.78. The number of carbonyl (C=O) groups is 1. The topological polar surface area (TPSA) is 75.6 Å². The van der Waals surface area contributed by atoms with E-state index in [1.807, 2.05) is 60.1 Å². The van der Waals surface area contributed by atoms with Gasteiger partial charge < -0.3 is 5.32 Å². The van der Waals surface area contributed by atoms with Gasteiger partial charge in [-0.15, -0.1) is 0 Å². The van der Waals surface area contributed by atoms with Gasteiger partial charge in [-0.2, -0.15) is 10.2 Å². The first kappa shape index (κ1) is 15.1. The lowest BCUT2D eigenvalue weighted by Gasteiger charge is -2.08. The number of aromatic amines is 1. The van der Waals surface area contributed by atoms with Gasteiger partial charge in [-0.3, -0.25) is 9.89 Å². The molecule has 0 atom stereocenters. The first-order chi connectivity index (χ1) is 12.3. The molecule has 2 N–H and O–H groups in total. The van der Waals surface area contributed by atoms with Crippen LogP contribution in [-0.2, 0) is 6.42 Å². The van der Waals surface area contributed by atoms with Crippen LogP contribution in [0.3, 0.4) is 0 Å². The van der Waals surface area contributed by atoms with Crippen molar-refractivity contribution in [3.8, 4) is 5.69 Å². The predicted molar refractivity (Wildman–Crippen MR) is 97.0 cm³/mol. The summed E-state index contributed by atoms with van der Waals surface area (Å²) in [4.78, 5) is 12.7. The Hall–Kier alpha value is -3.41. The van der Waals surface area contributed by atoms with Crippen LogP contribution in [0, 0.1) is 0 Å². The minimum Gasteiger partial charge on any atom is -0.322 e. The minimum absolute atomic E-state index is 0.165. The molecule has 4 rings (SSSR count). The molecule has 0 unspecified atom stereocenters. The minimum atomic E-state index is -0.165. The van der Waals surface area contributed by atoms with Gasteiger partial charge in [0.05, 0.1) is 34.9 Å². The van der Waals surface area contributed by atoms with E-state index in [1.54, 1.807) is 12.4 Å². The number of benzene rings is 2. The summed E-state index contributed by atoms with van der Waals surface area (Å²) in [5, 5.41) is 15.2. The predicted octanol–water partition coefficient (Wildman–Crippen LogP) is 3.56. The number of amides is 1. The fourth-order valence-corrected chi connectivity index (χ4v) is 2.91. The number of nitrogens with one attached hydrogen (secondary N) is 2. The molecule has 2 aromatic heterocycles. The Morgan fingerprint density at radius 2 is 2.00 bits per heavy atom. The monoisotopic (exact) mass is 331 g/mol. The number of anilines is 1. The molecule has 0 radical (unpaired) electrons. The van der Waals surface area contributed by atoms with Gasteiger partial charge in [-0.1, -0.05) is 25.1 Å². The number of hydrogen-bond donors (Lipinski definition) is 2. The van der Waals surface area contributed by atoms with Gasteiger partial charge in [0.25, 0.3) is 5.91 Å². The maximum atomic E-state index is 12.7. The van der Waals surface area contributed by atoms with Gasteiger partial charge >= 0.3 is 0 Å². The van der Waals surface area contributed by atoms with E-state index in [0.29, 0.717) is 12.0 Å². The molecular weight excluding hydrogens is 314 g/mol. The zero-order chi connectivity index (χ0) is 17.2. The molecular formula is C19H17N5O. The zero-order valence-corrected chi connectivity index (χ0v) is 13.7. The SMILES string of the molecule is CCc1c(C(=O)Nc2ccc3[nH]ncc3c2)cnn1-c1ccccc1. The summed E-state index contributed by atoms with van der Waals surface area (Å²) in [5.41, 5.74) is 4.07. The number of rotatable bonds is 4. The Kier molecular flexibility index (Phi) is 3.78. The molecule has 0 aliphatic heterocycles. The lowest BCUT2D eigenvalue weighted by molar-refractivity contribution is 0.102. The van der Waals surface area contributed by atoms with Crippen LogP contribution >= 0.6 is 0 Å². The van der Waals surface area contributed by atoms with E-state index in [9.17, 15) is 4.79 Å². The second-order valence-electron chi connectivity index (χ2n) is 5.73.